The number of rotatable bonds is 6. The SMILES string of the molecule is CNCCCSCC1CCCO1. The Morgan fingerprint density at radius 2 is 2.50 bits per heavy atom. The molecule has 1 aliphatic heterocycles. The molecule has 1 heterocycles. The van der Waals surface area contributed by atoms with Crippen LogP contribution in [0.15, 0.2) is 0 Å². The van der Waals surface area contributed by atoms with Crippen LogP contribution < -0.4 is 5.32 Å². The predicted octanol–water partition coefficient (Wildman–Crippen LogP) is 1.51. The van der Waals surface area contributed by atoms with E-state index in [-0.39, 0.29) is 0 Å². The molecule has 0 radical (unpaired) electrons. The highest BCUT2D eigenvalue weighted by molar-refractivity contribution is 7.99. The summed E-state index contributed by atoms with van der Waals surface area (Å²) in [6, 6.07) is 0. The molecule has 0 aromatic rings. The zero-order valence-electron chi connectivity index (χ0n) is 7.84. The third kappa shape index (κ3) is 4.33. The number of thioether (sulfide) groups is 1. The van der Waals surface area contributed by atoms with Crippen molar-refractivity contribution in [1.82, 2.24) is 5.32 Å². The van der Waals surface area contributed by atoms with Crippen molar-refractivity contribution in [1.29, 1.82) is 0 Å². The molecule has 72 valence electrons. The fourth-order valence-corrected chi connectivity index (χ4v) is 2.38. The molecule has 12 heavy (non-hydrogen) atoms. The Balaban J connectivity index is 1.81. The standard InChI is InChI=1S/C9H19NOS/c1-10-5-3-7-12-8-9-4-2-6-11-9/h9-10H,2-8H2,1H3. The van der Waals surface area contributed by atoms with Gasteiger partial charge in [-0.3, -0.25) is 0 Å². The smallest absolute Gasteiger partial charge is 0.0666 e. The van der Waals surface area contributed by atoms with Crippen molar-refractivity contribution in [2.45, 2.75) is 25.4 Å². The van der Waals surface area contributed by atoms with E-state index in [9.17, 15) is 0 Å². The van der Waals surface area contributed by atoms with E-state index in [4.69, 9.17) is 4.74 Å². The van der Waals surface area contributed by atoms with Gasteiger partial charge < -0.3 is 10.1 Å². The normalized spacial score (nSPS) is 23.2. The van der Waals surface area contributed by atoms with Crippen molar-refractivity contribution in [3.05, 3.63) is 0 Å². The molecule has 3 heteroatoms. The highest BCUT2D eigenvalue weighted by atomic mass is 32.2. The molecule has 1 rings (SSSR count). The van der Waals surface area contributed by atoms with Crippen molar-refractivity contribution in [2.75, 3.05) is 31.7 Å². The summed E-state index contributed by atoms with van der Waals surface area (Å²) in [4.78, 5) is 0. The summed E-state index contributed by atoms with van der Waals surface area (Å²) < 4.78 is 5.52. The molecule has 0 bridgehead atoms. The minimum Gasteiger partial charge on any atom is -0.377 e. The maximum atomic E-state index is 5.52. The summed E-state index contributed by atoms with van der Waals surface area (Å²) in [7, 11) is 2.00. The average molecular weight is 189 g/mol. The van der Waals surface area contributed by atoms with Gasteiger partial charge in [0.25, 0.3) is 0 Å². The predicted molar refractivity (Wildman–Crippen MR) is 54.8 cm³/mol. The van der Waals surface area contributed by atoms with E-state index in [0.29, 0.717) is 6.10 Å². The Bertz CT molecular complexity index is 105. The van der Waals surface area contributed by atoms with Crippen LogP contribution in [0.5, 0.6) is 0 Å². The van der Waals surface area contributed by atoms with Gasteiger partial charge in [-0.25, -0.2) is 0 Å². The Morgan fingerprint density at radius 1 is 1.58 bits per heavy atom. The number of nitrogens with one attached hydrogen (secondary N) is 1. The van der Waals surface area contributed by atoms with E-state index < -0.39 is 0 Å². The maximum Gasteiger partial charge on any atom is 0.0666 e. The topological polar surface area (TPSA) is 21.3 Å². The molecule has 0 saturated carbocycles. The van der Waals surface area contributed by atoms with E-state index in [1.165, 1.54) is 30.8 Å². The first-order chi connectivity index (χ1) is 5.93. The van der Waals surface area contributed by atoms with Gasteiger partial charge in [0.15, 0.2) is 0 Å². The van der Waals surface area contributed by atoms with Crippen LogP contribution in [0, 0.1) is 0 Å². The van der Waals surface area contributed by atoms with Gasteiger partial charge in [-0.15, -0.1) is 0 Å². The second-order valence-electron chi connectivity index (χ2n) is 3.17. The fourth-order valence-electron chi connectivity index (χ4n) is 1.34. The molecule has 0 aromatic carbocycles. The third-order valence-corrected chi connectivity index (χ3v) is 3.23. The first kappa shape index (κ1) is 10.4. The van der Waals surface area contributed by atoms with E-state index in [0.717, 1.165) is 13.2 Å². The van der Waals surface area contributed by atoms with Gasteiger partial charge >= 0.3 is 0 Å². The van der Waals surface area contributed by atoms with Crippen LogP contribution in [0.3, 0.4) is 0 Å². The molecule has 1 saturated heterocycles. The first-order valence-electron chi connectivity index (χ1n) is 4.77. The Morgan fingerprint density at radius 3 is 3.17 bits per heavy atom. The van der Waals surface area contributed by atoms with Crippen molar-refractivity contribution >= 4 is 11.8 Å². The van der Waals surface area contributed by atoms with Gasteiger partial charge in [0.2, 0.25) is 0 Å². The lowest BCUT2D eigenvalue weighted by molar-refractivity contribution is 0.129. The van der Waals surface area contributed by atoms with Crippen LogP contribution in [0.2, 0.25) is 0 Å². The Kier molecular flexibility index (Phi) is 5.82. The molecule has 0 aromatic heterocycles. The van der Waals surface area contributed by atoms with Crippen molar-refractivity contribution in [3.63, 3.8) is 0 Å². The highest BCUT2D eigenvalue weighted by Crippen LogP contribution is 2.17. The maximum absolute atomic E-state index is 5.52. The Labute approximate surface area is 79.4 Å². The van der Waals surface area contributed by atoms with Gasteiger partial charge in [0, 0.05) is 12.4 Å². The molecule has 0 amide bonds. The van der Waals surface area contributed by atoms with E-state index >= 15 is 0 Å². The summed E-state index contributed by atoms with van der Waals surface area (Å²) >= 11 is 2.03. The molecule has 0 aliphatic carbocycles. The molecular weight excluding hydrogens is 170 g/mol. The summed E-state index contributed by atoms with van der Waals surface area (Å²) in [5.41, 5.74) is 0. The van der Waals surface area contributed by atoms with Crippen molar-refractivity contribution in [3.8, 4) is 0 Å². The monoisotopic (exact) mass is 189 g/mol. The van der Waals surface area contributed by atoms with Crippen LogP contribution in [0.25, 0.3) is 0 Å². The Hall–Kier alpha value is 0.270. The van der Waals surface area contributed by atoms with Crippen LogP contribution in [-0.4, -0.2) is 37.8 Å². The molecule has 1 unspecified atom stereocenters. The largest absolute Gasteiger partial charge is 0.377 e. The first-order valence-corrected chi connectivity index (χ1v) is 5.93. The van der Waals surface area contributed by atoms with Gasteiger partial charge in [-0.1, -0.05) is 0 Å². The quantitative estimate of drug-likeness (QED) is 0.640. The summed E-state index contributed by atoms with van der Waals surface area (Å²) in [5.74, 6) is 2.46. The van der Waals surface area contributed by atoms with E-state index in [2.05, 4.69) is 5.32 Å². The van der Waals surface area contributed by atoms with Crippen LogP contribution in [-0.2, 0) is 4.74 Å². The molecule has 1 aliphatic rings. The van der Waals surface area contributed by atoms with Crippen LogP contribution >= 0.6 is 11.8 Å². The van der Waals surface area contributed by atoms with Gasteiger partial charge in [-0.2, -0.15) is 11.8 Å². The second-order valence-corrected chi connectivity index (χ2v) is 4.32. The second kappa shape index (κ2) is 6.75. The number of hydrogen-bond donors (Lipinski definition) is 1. The summed E-state index contributed by atoms with van der Waals surface area (Å²) in [5, 5.41) is 3.15. The lowest BCUT2D eigenvalue weighted by Gasteiger charge is -2.07. The van der Waals surface area contributed by atoms with Crippen LogP contribution in [0.1, 0.15) is 19.3 Å². The molecule has 0 spiro atoms. The summed E-state index contributed by atoms with van der Waals surface area (Å²) in [6.07, 6.45) is 4.37. The van der Waals surface area contributed by atoms with Crippen molar-refractivity contribution < 1.29 is 4.74 Å². The van der Waals surface area contributed by atoms with Crippen LogP contribution in [0.4, 0.5) is 0 Å². The molecule has 1 atom stereocenters. The number of ether oxygens (including phenoxy) is 1. The molecule has 1 fully saturated rings. The lowest BCUT2D eigenvalue weighted by Crippen LogP contribution is -2.11. The zero-order valence-corrected chi connectivity index (χ0v) is 8.66. The summed E-state index contributed by atoms with van der Waals surface area (Å²) in [6.45, 7) is 2.13. The highest BCUT2D eigenvalue weighted by Gasteiger charge is 2.14. The average Bonchev–Trinajstić information content (AvgIpc) is 2.57. The lowest BCUT2D eigenvalue weighted by atomic mass is 10.3. The molecule has 2 nitrogen and oxygen atoms in total. The molecule has 1 N–H and O–H groups in total. The van der Waals surface area contributed by atoms with E-state index in [1.807, 2.05) is 18.8 Å². The zero-order chi connectivity index (χ0) is 8.65. The third-order valence-electron chi connectivity index (χ3n) is 2.04. The van der Waals surface area contributed by atoms with Gasteiger partial charge in [0.1, 0.15) is 0 Å². The fraction of sp³-hybridized carbons (Fsp3) is 1.00. The van der Waals surface area contributed by atoms with E-state index in [1.54, 1.807) is 0 Å². The minimum atomic E-state index is 0.560. The minimum absolute atomic E-state index is 0.560. The van der Waals surface area contributed by atoms with Gasteiger partial charge in [-0.05, 0) is 38.6 Å². The molecular formula is C9H19NOS. The number of hydrogen-bond acceptors (Lipinski definition) is 3. The van der Waals surface area contributed by atoms with Crippen molar-refractivity contribution in [2.24, 2.45) is 0 Å². The van der Waals surface area contributed by atoms with Gasteiger partial charge in [0.05, 0.1) is 6.10 Å².